The Balaban J connectivity index is 1.84. The van der Waals surface area contributed by atoms with E-state index in [-0.39, 0.29) is 0 Å². The van der Waals surface area contributed by atoms with Gasteiger partial charge < -0.3 is 5.32 Å². The average Bonchev–Trinajstić information content (AvgIpc) is 2.59. The highest BCUT2D eigenvalue weighted by molar-refractivity contribution is 5.78. The number of nitrogens with zero attached hydrogens (tertiary/aromatic N) is 2. The van der Waals surface area contributed by atoms with Gasteiger partial charge in [-0.2, -0.15) is 0 Å². The van der Waals surface area contributed by atoms with Gasteiger partial charge in [0.05, 0.1) is 17.3 Å². The Morgan fingerprint density at radius 2 is 1.91 bits per heavy atom. The molecule has 0 spiro atoms. The van der Waals surface area contributed by atoms with Crippen LogP contribution in [-0.2, 0) is 0 Å². The van der Waals surface area contributed by atoms with Crippen molar-refractivity contribution >= 4 is 10.9 Å². The normalized spacial score (nSPS) is 17.7. The highest BCUT2D eigenvalue weighted by atomic mass is 15.2. The van der Waals surface area contributed by atoms with Gasteiger partial charge in [-0.3, -0.25) is 9.88 Å². The smallest absolute Gasteiger partial charge is 0.0706 e. The van der Waals surface area contributed by atoms with Crippen molar-refractivity contribution in [3.63, 3.8) is 0 Å². The van der Waals surface area contributed by atoms with Crippen molar-refractivity contribution in [1.29, 1.82) is 0 Å². The summed E-state index contributed by atoms with van der Waals surface area (Å²) >= 11 is 0. The Kier molecular flexibility index (Phi) is 5.41. The first-order valence-corrected chi connectivity index (χ1v) is 8.69. The van der Waals surface area contributed by atoms with Crippen molar-refractivity contribution in [1.82, 2.24) is 15.2 Å². The average molecular weight is 297 g/mol. The Morgan fingerprint density at radius 3 is 2.73 bits per heavy atom. The van der Waals surface area contributed by atoms with E-state index in [0.29, 0.717) is 6.04 Å². The van der Waals surface area contributed by atoms with Gasteiger partial charge in [0.1, 0.15) is 0 Å². The van der Waals surface area contributed by atoms with Crippen LogP contribution >= 0.6 is 0 Å². The number of fused-ring (bicyclic) bond motifs is 1. The van der Waals surface area contributed by atoms with Crippen LogP contribution in [0.1, 0.15) is 44.3 Å². The van der Waals surface area contributed by atoms with Gasteiger partial charge in [0.25, 0.3) is 0 Å². The van der Waals surface area contributed by atoms with Crippen LogP contribution in [0.15, 0.2) is 36.4 Å². The zero-order chi connectivity index (χ0) is 15.2. The highest BCUT2D eigenvalue weighted by Gasteiger charge is 2.22. The van der Waals surface area contributed by atoms with E-state index in [9.17, 15) is 0 Å². The molecular weight excluding hydrogens is 270 g/mol. The SMILES string of the molecule is CCCCC[C@H](c1ccc2ccccc2n1)N1CCNCC1. The molecule has 3 rings (SSSR count). The van der Waals surface area contributed by atoms with E-state index < -0.39 is 0 Å². The van der Waals surface area contributed by atoms with E-state index in [2.05, 4.69) is 53.5 Å². The fourth-order valence-corrected chi connectivity index (χ4v) is 3.37. The summed E-state index contributed by atoms with van der Waals surface area (Å²) < 4.78 is 0. The molecule has 118 valence electrons. The molecule has 3 heteroatoms. The standard InChI is InChI=1S/C19H27N3/c1-2-3-4-9-19(22-14-12-20-13-15-22)18-11-10-16-7-5-6-8-17(16)21-18/h5-8,10-11,19-20H,2-4,9,12-15H2,1H3/t19-/m1/s1. The zero-order valence-corrected chi connectivity index (χ0v) is 13.6. The summed E-state index contributed by atoms with van der Waals surface area (Å²) in [6.07, 6.45) is 5.11. The lowest BCUT2D eigenvalue weighted by atomic mass is 10.0. The molecule has 2 aromatic rings. The lowest BCUT2D eigenvalue weighted by molar-refractivity contribution is 0.160. The van der Waals surface area contributed by atoms with Gasteiger partial charge in [0.2, 0.25) is 0 Å². The molecule has 0 saturated carbocycles. The Morgan fingerprint density at radius 1 is 1.09 bits per heavy atom. The van der Waals surface area contributed by atoms with Gasteiger partial charge in [0.15, 0.2) is 0 Å². The summed E-state index contributed by atoms with van der Waals surface area (Å²) in [6, 6.07) is 13.4. The van der Waals surface area contributed by atoms with Crippen molar-refractivity contribution in [3.8, 4) is 0 Å². The van der Waals surface area contributed by atoms with E-state index in [0.717, 1.165) is 31.7 Å². The molecule has 1 atom stereocenters. The Hall–Kier alpha value is -1.45. The molecule has 0 amide bonds. The van der Waals surface area contributed by atoms with Crippen LogP contribution in [0.25, 0.3) is 10.9 Å². The molecule has 0 unspecified atom stereocenters. The largest absolute Gasteiger partial charge is 0.314 e. The van der Waals surface area contributed by atoms with Crippen molar-refractivity contribution < 1.29 is 0 Å². The first-order chi connectivity index (χ1) is 10.9. The summed E-state index contributed by atoms with van der Waals surface area (Å²) in [4.78, 5) is 7.58. The van der Waals surface area contributed by atoms with E-state index in [1.807, 2.05) is 0 Å². The third-order valence-electron chi connectivity index (χ3n) is 4.63. The number of unbranched alkanes of at least 4 members (excludes halogenated alkanes) is 2. The van der Waals surface area contributed by atoms with Crippen LogP contribution in [0.4, 0.5) is 0 Å². The number of aromatic nitrogens is 1. The van der Waals surface area contributed by atoms with Gasteiger partial charge in [-0.05, 0) is 18.6 Å². The molecule has 1 fully saturated rings. The molecule has 1 aromatic heterocycles. The number of rotatable bonds is 6. The van der Waals surface area contributed by atoms with Crippen molar-refractivity contribution in [3.05, 3.63) is 42.1 Å². The van der Waals surface area contributed by atoms with Crippen LogP contribution in [0, 0.1) is 0 Å². The number of hydrogen-bond donors (Lipinski definition) is 1. The molecule has 1 N–H and O–H groups in total. The van der Waals surface area contributed by atoms with Gasteiger partial charge in [0, 0.05) is 31.6 Å². The molecule has 0 radical (unpaired) electrons. The van der Waals surface area contributed by atoms with Gasteiger partial charge >= 0.3 is 0 Å². The minimum Gasteiger partial charge on any atom is -0.314 e. The predicted octanol–water partition coefficient (Wildman–Crippen LogP) is 3.76. The van der Waals surface area contributed by atoms with Gasteiger partial charge in [-0.15, -0.1) is 0 Å². The molecule has 1 aromatic carbocycles. The van der Waals surface area contributed by atoms with Crippen molar-refractivity contribution in [2.45, 2.75) is 38.6 Å². The van der Waals surface area contributed by atoms with Crippen molar-refractivity contribution in [2.24, 2.45) is 0 Å². The summed E-state index contributed by atoms with van der Waals surface area (Å²) in [5, 5.41) is 4.69. The summed E-state index contributed by atoms with van der Waals surface area (Å²) in [7, 11) is 0. The number of piperazine rings is 1. The second-order valence-corrected chi connectivity index (χ2v) is 6.23. The summed E-state index contributed by atoms with van der Waals surface area (Å²) in [5.74, 6) is 0. The highest BCUT2D eigenvalue weighted by Crippen LogP contribution is 2.27. The van der Waals surface area contributed by atoms with Gasteiger partial charge in [-0.1, -0.05) is 50.5 Å². The molecule has 3 nitrogen and oxygen atoms in total. The lowest BCUT2D eigenvalue weighted by Gasteiger charge is -2.34. The predicted molar refractivity (Wildman–Crippen MR) is 93.1 cm³/mol. The lowest BCUT2D eigenvalue weighted by Crippen LogP contribution is -2.45. The van der Waals surface area contributed by atoms with Crippen LogP contribution in [-0.4, -0.2) is 36.1 Å². The zero-order valence-electron chi connectivity index (χ0n) is 13.6. The number of hydrogen-bond acceptors (Lipinski definition) is 3. The van der Waals surface area contributed by atoms with E-state index in [4.69, 9.17) is 4.98 Å². The molecule has 1 aliphatic rings. The number of para-hydroxylation sites is 1. The third kappa shape index (κ3) is 3.65. The maximum absolute atomic E-state index is 4.97. The van der Waals surface area contributed by atoms with E-state index in [1.54, 1.807) is 0 Å². The van der Waals surface area contributed by atoms with E-state index in [1.165, 1.54) is 36.8 Å². The van der Waals surface area contributed by atoms with Crippen LogP contribution in [0.3, 0.4) is 0 Å². The van der Waals surface area contributed by atoms with Crippen molar-refractivity contribution in [2.75, 3.05) is 26.2 Å². The summed E-state index contributed by atoms with van der Waals surface area (Å²) in [6.45, 7) is 6.72. The first-order valence-electron chi connectivity index (χ1n) is 8.69. The Labute approximate surface area is 133 Å². The maximum atomic E-state index is 4.97. The number of nitrogens with one attached hydrogen (secondary N) is 1. The first kappa shape index (κ1) is 15.4. The number of pyridine rings is 1. The molecule has 0 aliphatic carbocycles. The fourth-order valence-electron chi connectivity index (χ4n) is 3.37. The van der Waals surface area contributed by atoms with Crippen LogP contribution < -0.4 is 5.32 Å². The van der Waals surface area contributed by atoms with Crippen LogP contribution in [0.2, 0.25) is 0 Å². The second kappa shape index (κ2) is 7.70. The topological polar surface area (TPSA) is 28.2 Å². The molecule has 1 saturated heterocycles. The second-order valence-electron chi connectivity index (χ2n) is 6.23. The third-order valence-corrected chi connectivity index (χ3v) is 4.63. The van der Waals surface area contributed by atoms with Crippen LogP contribution in [0.5, 0.6) is 0 Å². The fraction of sp³-hybridized carbons (Fsp3) is 0.526. The Bertz CT molecular complexity index is 590. The molecular formula is C19H27N3. The molecule has 1 aliphatic heterocycles. The maximum Gasteiger partial charge on any atom is 0.0706 e. The number of benzene rings is 1. The monoisotopic (exact) mass is 297 g/mol. The molecule has 2 heterocycles. The minimum absolute atomic E-state index is 0.471. The molecule has 0 bridgehead atoms. The quantitative estimate of drug-likeness (QED) is 0.823. The van der Waals surface area contributed by atoms with Gasteiger partial charge in [-0.25, -0.2) is 0 Å². The van der Waals surface area contributed by atoms with E-state index >= 15 is 0 Å². The summed E-state index contributed by atoms with van der Waals surface area (Å²) in [5.41, 5.74) is 2.37. The molecule has 22 heavy (non-hydrogen) atoms. The minimum atomic E-state index is 0.471.